The zero-order valence-corrected chi connectivity index (χ0v) is 13.3. The average Bonchev–Trinajstić information content (AvgIpc) is 3.22. The highest BCUT2D eigenvalue weighted by atomic mass is 79.9. The number of hydrogen-bond acceptors (Lipinski definition) is 3. The largest absolute Gasteiger partial charge is 0.379 e. The molecule has 1 aromatic rings. The van der Waals surface area contributed by atoms with Crippen molar-refractivity contribution in [3.63, 3.8) is 0 Å². The van der Waals surface area contributed by atoms with Crippen LogP contribution in [0.4, 0.5) is 0 Å². The zero-order chi connectivity index (χ0) is 14.7. The van der Waals surface area contributed by atoms with Gasteiger partial charge in [0.05, 0.1) is 6.61 Å². The molecule has 6 heteroatoms. The van der Waals surface area contributed by atoms with Gasteiger partial charge in [-0.2, -0.15) is 0 Å². The van der Waals surface area contributed by atoms with Gasteiger partial charge >= 0.3 is 0 Å². The summed E-state index contributed by atoms with van der Waals surface area (Å²) in [7, 11) is 1.68. The molecule has 1 aliphatic carbocycles. The molecule has 0 atom stereocenters. The lowest BCUT2D eigenvalue weighted by atomic mass is 10.2. The van der Waals surface area contributed by atoms with Crippen LogP contribution in [0.25, 0.3) is 0 Å². The number of ether oxygens (including phenoxy) is 1. The normalized spacial score (nSPS) is 14.3. The SMILES string of the molecule is Cc1[nH]c(=O)c(C(=O)N(C)CCOCC2CC2)cc1Br. The molecular formula is C14H19BrN2O3. The first kappa shape index (κ1) is 15.3. The molecule has 1 N–H and O–H groups in total. The minimum atomic E-state index is -0.360. The highest BCUT2D eigenvalue weighted by molar-refractivity contribution is 9.10. The Morgan fingerprint density at radius 2 is 2.25 bits per heavy atom. The summed E-state index contributed by atoms with van der Waals surface area (Å²) in [5.74, 6) is 0.425. The van der Waals surface area contributed by atoms with E-state index in [2.05, 4.69) is 20.9 Å². The number of rotatable bonds is 6. The highest BCUT2D eigenvalue weighted by Crippen LogP contribution is 2.28. The van der Waals surface area contributed by atoms with Crippen molar-refractivity contribution in [2.24, 2.45) is 5.92 Å². The van der Waals surface area contributed by atoms with E-state index in [1.54, 1.807) is 20.0 Å². The molecule has 0 aliphatic heterocycles. The third-order valence-corrected chi connectivity index (χ3v) is 4.20. The first-order valence-corrected chi connectivity index (χ1v) is 7.51. The fourth-order valence-corrected chi connectivity index (χ4v) is 2.13. The second-order valence-electron chi connectivity index (χ2n) is 5.23. The summed E-state index contributed by atoms with van der Waals surface area (Å²) in [6.07, 6.45) is 2.50. The van der Waals surface area contributed by atoms with Crippen molar-refractivity contribution in [1.82, 2.24) is 9.88 Å². The second kappa shape index (κ2) is 6.54. The smallest absolute Gasteiger partial charge is 0.261 e. The second-order valence-corrected chi connectivity index (χ2v) is 6.08. The van der Waals surface area contributed by atoms with Gasteiger partial charge in [0.15, 0.2) is 0 Å². The first-order valence-electron chi connectivity index (χ1n) is 6.71. The molecule has 1 fully saturated rings. The summed E-state index contributed by atoms with van der Waals surface area (Å²) < 4.78 is 6.22. The number of H-pyrrole nitrogens is 1. The van der Waals surface area contributed by atoms with E-state index in [1.807, 2.05) is 0 Å². The van der Waals surface area contributed by atoms with E-state index in [4.69, 9.17) is 4.74 Å². The van der Waals surface area contributed by atoms with Crippen LogP contribution in [0.15, 0.2) is 15.3 Å². The lowest BCUT2D eigenvalue weighted by Crippen LogP contribution is -2.34. The van der Waals surface area contributed by atoms with Gasteiger partial charge in [-0.1, -0.05) is 0 Å². The molecule has 110 valence electrons. The van der Waals surface area contributed by atoms with Gasteiger partial charge in [-0.15, -0.1) is 0 Å². The summed E-state index contributed by atoms with van der Waals surface area (Å²) in [6, 6.07) is 1.57. The predicted octanol–water partition coefficient (Wildman–Crippen LogP) is 1.94. The number of aromatic nitrogens is 1. The molecule has 0 saturated heterocycles. The summed E-state index contributed by atoms with van der Waals surface area (Å²) in [4.78, 5) is 28.2. The summed E-state index contributed by atoms with van der Waals surface area (Å²) >= 11 is 3.32. The molecule has 1 heterocycles. The number of aromatic amines is 1. The molecule has 2 rings (SSSR count). The van der Waals surface area contributed by atoms with Gasteiger partial charge in [-0.25, -0.2) is 0 Å². The van der Waals surface area contributed by atoms with Crippen LogP contribution in [0.3, 0.4) is 0 Å². The maximum Gasteiger partial charge on any atom is 0.261 e. The monoisotopic (exact) mass is 342 g/mol. The molecule has 0 bridgehead atoms. The Morgan fingerprint density at radius 3 is 2.90 bits per heavy atom. The third-order valence-electron chi connectivity index (χ3n) is 3.37. The number of likely N-dealkylation sites (N-methyl/N-ethyl adjacent to an activating group) is 1. The minimum Gasteiger partial charge on any atom is -0.379 e. The summed E-state index contributed by atoms with van der Waals surface area (Å²) in [5.41, 5.74) is 0.496. The van der Waals surface area contributed by atoms with Crippen molar-refractivity contribution >= 4 is 21.8 Å². The Hall–Kier alpha value is -1.14. The van der Waals surface area contributed by atoms with Crippen molar-refractivity contribution in [1.29, 1.82) is 0 Å². The lowest BCUT2D eigenvalue weighted by Gasteiger charge is -2.17. The van der Waals surface area contributed by atoms with Crippen LogP contribution in [-0.2, 0) is 4.74 Å². The number of nitrogens with zero attached hydrogens (tertiary/aromatic N) is 1. The Morgan fingerprint density at radius 1 is 1.55 bits per heavy atom. The maximum absolute atomic E-state index is 12.2. The molecule has 1 saturated carbocycles. The van der Waals surface area contributed by atoms with E-state index in [9.17, 15) is 9.59 Å². The number of carbonyl (C=O) groups excluding carboxylic acids is 1. The van der Waals surface area contributed by atoms with E-state index in [-0.39, 0.29) is 17.0 Å². The Bertz CT molecular complexity index is 552. The molecule has 0 spiro atoms. The van der Waals surface area contributed by atoms with Gasteiger partial charge in [0, 0.05) is 30.4 Å². The minimum absolute atomic E-state index is 0.146. The van der Waals surface area contributed by atoms with E-state index in [0.29, 0.717) is 24.8 Å². The van der Waals surface area contributed by atoms with Crippen molar-refractivity contribution in [3.8, 4) is 0 Å². The molecule has 1 aromatic heterocycles. The fourth-order valence-electron chi connectivity index (χ4n) is 1.80. The third kappa shape index (κ3) is 3.93. The molecule has 0 unspecified atom stereocenters. The van der Waals surface area contributed by atoms with Crippen LogP contribution >= 0.6 is 15.9 Å². The predicted molar refractivity (Wildman–Crippen MR) is 80.0 cm³/mol. The molecule has 1 amide bonds. The van der Waals surface area contributed by atoms with E-state index >= 15 is 0 Å². The molecule has 20 heavy (non-hydrogen) atoms. The highest BCUT2D eigenvalue weighted by Gasteiger charge is 2.21. The number of aryl methyl sites for hydroxylation is 1. The van der Waals surface area contributed by atoms with E-state index in [0.717, 1.165) is 11.1 Å². The number of nitrogens with one attached hydrogen (secondary N) is 1. The Balaban J connectivity index is 1.91. The number of halogens is 1. The summed E-state index contributed by atoms with van der Waals surface area (Å²) in [5, 5.41) is 0. The van der Waals surface area contributed by atoms with Gasteiger partial charge < -0.3 is 14.6 Å². The van der Waals surface area contributed by atoms with Crippen molar-refractivity contribution in [2.45, 2.75) is 19.8 Å². The number of amides is 1. The van der Waals surface area contributed by atoms with Crippen LogP contribution in [-0.4, -0.2) is 42.6 Å². The molecule has 5 nitrogen and oxygen atoms in total. The van der Waals surface area contributed by atoms with Crippen LogP contribution in [0.2, 0.25) is 0 Å². The fraction of sp³-hybridized carbons (Fsp3) is 0.571. The van der Waals surface area contributed by atoms with Crippen LogP contribution in [0.1, 0.15) is 28.9 Å². The van der Waals surface area contributed by atoms with Crippen LogP contribution in [0.5, 0.6) is 0 Å². The molecule has 0 aromatic carbocycles. The topological polar surface area (TPSA) is 62.4 Å². The van der Waals surface area contributed by atoms with E-state index < -0.39 is 0 Å². The molecular weight excluding hydrogens is 324 g/mol. The van der Waals surface area contributed by atoms with Crippen molar-refractivity contribution in [3.05, 3.63) is 32.2 Å². The average molecular weight is 343 g/mol. The van der Waals surface area contributed by atoms with Gasteiger partial charge in [0.1, 0.15) is 5.56 Å². The number of hydrogen-bond donors (Lipinski definition) is 1. The standard InChI is InChI=1S/C14H19BrN2O3/c1-9-12(15)7-11(13(18)16-9)14(19)17(2)5-6-20-8-10-3-4-10/h7,10H,3-6,8H2,1-2H3,(H,16,18). The number of carbonyl (C=O) groups is 1. The Kier molecular flexibility index (Phi) is 4.99. The van der Waals surface area contributed by atoms with Crippen LogP contribution in [0, 0.1) is 12.8 Å². The molecule has 1 aliphatic rings. The quantitative estimate of drug-likeness (QED) is 0.803. The lowest BCUT2D eigenvalue weighted by molar-refractivity contribution is 0.0679. The van der Waals surface area contributed by atoms with Crippen LogP contribution < -0.4 is 5.56 Å². The van der Waals surface area contributed by atoms with E-state index in [1.165, 1.54) is 17.7 Å². The number of pyridine rings is 1. The zero-order valence-electron chi connectivity index (χ0n) is 11.7. The Labute approximate surface area is 126 Å². The molecule has 0 radical (unpaired) electrons. The van der Waals surface area contributed by atoms with Gasteiger partial charge in [-0.3, -0.25) is 9.59 Å². The van der Waals surface area contributed by atoms with Crippen molar-refractivity contribution < 1.29 is 9.53 Å². The maximum atomic E-state index is 12.2. The summed E-state index contributed by atoms with van der Waals surface area (Å²) in [6.45, 7) is 3.54. The van der Waals surface area contributed by atoms with Crippen molar-refractivity contribution in [2.75, 3.05) is 26.8 Å². The first-order chi connectivity index (χ1) is 9.49. The van der Waals surface area contributed by atoms with Gasteiger partial charge in [0.25, 0.3) is 11.5 Å². The van der Waals surface area contributed by atoms with Gasteiger partial charge in [-0.05, 0) is 47.7 Å². The van der Waals surface area contributed by atoms with Gasteiger partial charge in [0.2, 0.25) is 0 Å².